The van der Waals surface area contributed by atoms with Crippen LogP contribution in [0.15, 0.2) is 23.1 Å². The zero-order chi connectivity index (χ0) is 12.8. The normalized spacial score (nSPS) is 17.8. The molecule has 0 aliphatic heterocycles. The fourth-order valence-corrected chi connectivity index (χ4v) is 3.47. The van der Waals surface area contributed by atoms with Crippen molar-refractivity contribution in [3.05, 3.63) is 29.8 Å². The fraction of sp³-hybridized carbons (Fsp3) is 0.300. The van der Waals surface area contributed by atoms with Gasteiger partial charge in [0.15, 0.2) is 14.6 Å². The van der Waals surface area contributed by atoms with Crippen LogP contribution in [0.1, 0.15) is 12.8 Å². The number of carboxylic acid groups (broad SMARTS) is 1. The molecule has 1 aromatic rings. The number of halogens is 2. The smallest absolute Gasteiger partial charge is 0.325 e. The monoisotopic (exact) mass is 262 g/mol. The molecule has 7 heteroatoms. The summed E-state index contributed by atoms with van der Waals surface area (Å²) in [6, 6.07) is 1.96. The number of hydrogen-bond donors (Lipinski definition) is 1. The number of aliphatic carboxylic acids is 1. The summed E-state index contributed by atoms with van der Waals surface area (Å²) in [6.07, 6.45) is -0.108. The Morgan fingerprint density at radius 3 is 2.29 bits per heavy atom. The zero-order valence-electron chi connectivity index (χ0n) is 8.48. The molecule has 0 spiro atoms. The Morgan fingerprint density at radius 1 is 1.29 bits per heavy atom. The molecule has 0 atom stereocenters. The first kappa shape index (κ1) is 12.0. The topological polar surface area (TPSA) is 71.4 Å². The van der Waals surface area contributed by atoms with Crippen molar-refractivity contribution >= 4 is 15.8 Å². The summed E-state index contributed by atoms with van der Waals surface area (Å²) < 4.78 is 48.0. The highest BCUT2D eigenvalue weighted by Crippen LogP contribution is 2.47. The molecule has 1 N–H and O–H groups in total. The fourth-order valence-electron chi connectivity index (χ4n) is 1.61. The van der Waals surface area contributed by atoms with Crippen LogP contribution in [0.25, 0.3) is 0 Å². The van der Waals surface area contributed by atoms with Gasteiger partial charge < -0.3 is 5.11 Å². The minimum absolute atomic E-state index is 0.0541. The summed E-state index contributed by atoms with van der Waals surface area (Å²) in [6.45, 7) is 0. The van der Waals surface area contributed by atoms with Crippen molar-refractivity contribution < 1.29 is 27.1 Å². The molecular formula is C10H8F2O4S. The molecule has 4 nitrogen and oxygen atoms in total. The minimum Gasteiger partial charge on any atom is -0.480 e. The van der Waals surface area contributed by atoms with Crippen LogP contribution in [-0.4, -0.2) is 24.2 Å². The molecule has 92 valence electrons. The molecule has 17 heavy (non-hydrogen) atoms. The number of rotatable bonds is 3. The largest absolute Gasteiger partial charge is 0.480 e. The Labute approximate surface area is 95.8 Å². The first-order valence-corrected chi connectivity index (χ1v) is 6.23. The van der Waals surface area contributed by atoms with E-state index in [0.717, 1.165) is 12.1 Å². The van der Waals surface area contributed by atoms with Crippen molar-refractivity contribution in [2.24, 2.45) is 0 Å². The van der Waals surface area contributed by atoms with Crippen LogP contribution in [0.5, 0.6) is 0 Å². The lowest BCUT2D eigenvalue weighted by Gasteiger charge is -2.12. The van der Waals surface area contributed by atoms with E-state index in [1.807, 2.05) is 0 Å². The van der Waals surface area contributed by atoms with E-state index in [2.05, 4.69) is 0 Å². The Bertz CT molecular complexity index is 590. The average Bonchev–Trinajstić information content (AvgIpc) is 2.96. The van der Waals surface area contributed by atoms with Crippen LogP contribution in [0.2, 0.25) is 0 Å². The molecule has 1 saturated carbocycles. The molecule has 2 rings (SSSR count). The van der Waals surface area contributed by atoms with Crippen molar-refractivity contribution in [2.75, 3.05) is 0 Å². The van der Waals surface area contributed by atoms with Gasteiger partial charge in [-0.05, 0) is 25.0 Å². The molecule has 0 aromatic heterocycles. The lowest BCUT2D eigenvalue weighted by Crippen LogP contribution is -2.33. The molecule has 1 aliphatic rings. The lowest BCUT2D eigenvalue weighted by atomic mass is 10.3. The van der Waals surface area contributed by atoms with Gasteiger partial charge in [-0.1, -0.05) is 0 Å². The summed E-state index contributed by atoms with van der Waals surface area (Å²) in [5.41, 5.74) is 0. The molecule has 1 aromatic carbocycles. The van der Waals surface area contributed by atoms with E-state index in [9.17, 15) is 22.0 Å². The molecule has 0 bridgehead atoms. The predicted octanol–water partition coefficient (Wildman–Crippen LogP) is 1.36. The highest BCUT2D eigenvalue weighted by atomic mass is 32.2. The summed E-state index contributed by atoms with van der Waals surface area (Å²) in [5, 5.41) is 8.87. The van der Waals surface area contributed by atoms with Crippen LogP contribution >= 0.6 is 0 Å². The van der Waals surface area contributed by atoms with E-state index in [1.165, 1.54) is 0 Å². The number of benzene rings is 1. The van der Waals surface area contributed by atoms with Crippen molar-refractivity contribution in [3.8, 4) is 0 Å². The zero-order valence-corrected chi connectivity index (χ0v) is 9.30. The van der Waals surface area contributed by atoms with Gasteiger partial charge in [0.05, 0.1) is 0 Å². The third-order valence-electron chi connectivity index (χ3n) is 2.79. The molecule has 0 unspecified atom stereocenters. The number of sulfone groups is 1. The summed E-state index contributed by atoms with van der Waals surface area (Å²) in [5.74, 6) is -3.68. The molecule has 1 aliphatic carbocycles. The standard InChI is InChI=1S/C10H8F2O4S/c11-6-1-2-8(7(12)5-6)17(15,16)10(3-4-10)9(13)14/h1-2,5H,3-4H2,(H,13,14). The van der Waals surface area contributed by atoms with E-state index >= 15 is 0 Å². The van der Waals surface area contributed by atoms with Gasteiger partial charge in [-0.2, -0.15) is 0 Å². The van der Waals surface area contributed by atoms with Gasteiger partial charge in [0, 0.05) is 6.07 Å². The van der Waals surface area contributed by atoms with E-state index in [1.54, 1.807) is 0 Å². The highest BCUT2D eigenvalue weighted by molar-refractivity contribution is 7.94. The van der Waals surface area contributed by atoms with E-state index in [0.29, 0.717) is 6.07 Å². The van der Waals surface area contributed by atoms with Gasteiger partial charge in [-0.25, -0.2) is 17.2 Å². The number of hydrogen-bond acceptors (Lipinski definition) is 3. The predicted molar refractivity (Wildman–Crippen MR) is 53.1 cm³/mol. The maximum Gasteiger partial charge on any atom is 0.325 e. The van der Waals surface area contributed by atoms with Gasteiger partial charge in [-0.15, -0.1) is 0 Å². The van der Waals surface area contributed by atoms with E-state index < -0.39 is 37.1 Å². The Balaban J connectivity index is 2.57. The number of carboxylic acids is 1. The maximum absolute atomic E-state index is 13.4. The third-order valence-corrected chi connectivity index (χ3v) is 5.31. The minimum atomic E-state index is -4.32. The molecule has 0 saturated heterocycles. The van der Waals surface area contributed by atoms with Crippen LogP contribution < -0.4 is 0 Å². The molecule has 0 radical (unpaired) electrons. The molecule has 0 amide bonds. The first-order valence-electron chi connectivity index (χ1n) is 4.74. The summed E-state index contributed by atoms with van der Waals surface area (Å²) >= 11 is 0. The summed E-state index contributed by atoms with van der Waals surface area (Å²) in [7, 11) is -4.32. The second-order valence-electron chi connectivity index (χ2n) is 3.88. The van der Waals surface area contributed by atoms with Crippen molar-refractivity contribution in [1.82, 2.24) is 0 Å². The molecule has 1 fully saturated rings. The quantitative estimate of drug-likeness (QED) is 0.835. The average molecular weight is 262 g/mol. The van der Waals surface area contributed by atoms with Crippen molar-refractivity contribution in [3.63, 3.8) is 0 Å². The Morgan fingerprint density at radius 2 is 1.88 bits per heavy atom. The van der Waals surface area contributed by atoms with Crippen LogP contribution in [0.4, 0.5) is 8.78 Å². The lowest BCUT2D eigenvalue weighted by molar-refractivity contribution is -0.137. The second-order valence-corrected chi connectivity index (χ2v) is 6.11. The van der Waals surface area contributed by atoms with E-state index in [4.69, 9.17) is 5.11 Å². The van der Waals surface area contributed by atoms with Crippen LogP contribution in [0.3, 0.4) is 0 Å². The van der Waals surface area contributed by atoms with Gasteiger partial charge in [0.25, 0.3) is 0 Å². The van der Waals surface area contributed by atoms with Crippen LogP contribution in [-0.2, 0) is 14.6 Å². The van der Waals surface area contributed by atoms with Crippen LogP contribution in [0, 0.1) is 11.6 Å². The highest BCUT2D eigenvalue weighted by Gasteiger charge is 2.62. The van der Waals surface area contributed by atoms with Crippen molar-refractivity contribution in [1.29, 1.82) is 0 Å². The molecular weight excluding hydrogens is 254 g/mol. The maximum atomic E-state index is 13.4. The summed E-state index contributed by atoms with van der Waals surface area (Å²) in [4.78, 5) is 10.1. The van der Waals surface area contributed by atoms with Gasteiger partial charge >= 0.3 is 5.97 Å². The van der Waals surface area contributed by atoms with Crippen molar-refractivity contribution in [2.45, 2.75) is 22.5 Å². The van der Waals surface area contributed by atoms with Gasteiger partial charge in [0.1, 0.15) is 16.5 Å². The number of carbonyl (C=O) groups is 1. The molecule has 0 heterocycles. The second kappa shape index (κ2) is 3.49. The van der Waals surface area contributed by atoms with E-state index in [-0.39, 0.29) is 12.8 Å². The van der Waals surface area contributed by atoms with Gasteiger partial charge in [0.2, 0.25) is 0 Å². The van der Waals surface area contributed by atoms with Gasteiger partial charge in [-0.3, -0.25) is 4.79 Å². The third kappa shape index (κ3) is 1.61. The SMILES string of the molecule is O=C(O)C1(S(=O)(=O)c2ccc(F)cc2F)CC1. The first-order chi connectivity index (χ1) is 7.81. The Kier molecular flexibility index (Phi) is 2.46. The Hall–Kier alpha value is -1.50.